The largest absolute Gasteiger partial charge is 0.281 e. The molecule has 0 atom stereocenters. The number of nitrogens with one attached hydrogen (secondary N) is 1. The second kappa shape index (κ2) is 5.39. The first kappa shape index (κ1) is 15.9. The predicted octanol–water partition coefficient (Wildman–Crippen LogP) is 0.782. The molecule has 0 aliphatic carbocycles. The number of aromatic nitrogens is 3. The Kier molecular flexibility index (Phi) is 4.08. The Labute approximate surface area is 130 Å². The number of hydrogen-bond acceptors (Lipinski definition) is 6. The predicted molar refractivity (Wildman–Crippen MR) is 79.1 cm³/mol. The van der Waals surface area contributed by atoms with E-state index in [-0.39, 0.29) is 20.2 Å². The summed E-state index contributed by atoms with van der Waals surface area (Å²) in [6.07, 6.45) is 1.04. The van der Waals surface area contributed by atoms with E-state index in [0.29, 0.717) is 0 Å². The van der Waals surface area contributed by atoms with Crippen molar-refractivity contribution in [3.05, 3.63) is 28.9 Å². The van der Waals surface area contributed by atoms with E-state index in [4.69, 9.17) is 0 Å². The van der Waals surface area contributed by atoms with Crippen LogP contribution in [0.25, 0.3) is 0 Å². The highest BCUT2D eigenvalue weighted by atomic mass is 79.9. The van der Waals surface area contributed by atoms with Gasteiger partial charge in [0.1, 0.15) is 0 Å². The number of anilines is 1. The van der Waals surface area contributed by atoms with Crippen molar-refractivity contribution in [1.82, 2.24) is 15.0 Å². The van der Waals surface area contributed by atoms with E-state index < -0.39 is 19.9 Å². The lowest BCUT2D eigenvalue weighted by Gasteiger charge is -2.09. The molecule has 2 aromatic rings. The maximum absolute atomic E-state index is 12.3. The number of nitrogens with zero attached hydrogens (tertiary/aromatic N) is 3. The van der Waals surface area contributed by atoms with Gasteiger partial charge in [0.15, 0.2) is 14.4 Å². The van der Waals surface area contributed by atoms with Gasteiger partial charge < -0.3 is 0 Å². The molecule has 1 aromatic heterocycles. The molecule has 0 aliphatic heterocycles. The molecule has 0 aliphatic rings. The van der Waals surface area contributed by atoms with Gasteiger partial charge in [-0.1, -0.05) is 11.3 Å². The smallest absolute Gasteiger partial charge is 0.278 e. The number of halogens is 1. The van der Waals surface area contributed by atoms with Crippen molar-refractivity contribution in [3.8, 4) is 0 Å². The molecule has 11 heteroatoms. The van der Waals surface area contributed by atoms with Gasteiger partial charge in [0.05, 0.1) is 10.6 Å². The van der Waals surface area contributed by atoms with Crippen molar-refractivity contribution in [2.45, 2.75) is 9.92 Å². The molecule has 2 rings (SSSR count). The van der Waals surface area contributed by atoms with Crippen molar-refractivity contribution < 1.29 is 16.8 Å². The Bertz CT molecular complexity index is 870. The molecule has 1 aromatic carbocycles. The van der Waals surface area contributed by atoms with E-state index in [1.165, 1.54) is 31.3 Å². The van der Waals surface area contributed by atoms with Gasteiger partial charge in [0.25, 0.3) is 10.0 Å². The highest BCUT2D eigenvalue weighted by Gasteiger charge is 2.24. The fourth-order valence-corrected chi connectivity index (χ4v) is 4.42. The Morgan fingerprint density at radius 2 is 1.90 bits per heavy atom. The van der Waals surface area contributed by atoms with E-state index in [1.807, 2.05) is 0 Å². The number of sulfone groups is 1. The van der Waals surface area contributed by atoms with E-state index in [9.17, 15) is 16.8 Å². The van der Waals surface area contributed by atoms with Crippen LogP contribution in [0.5, 0.6) is 0 Å². The molecule has 0 spiro atoms. The van der Waals surface area contributed by atoms with Crippen LogP contribution >= 0.6 is 15.9 Å². The van der Waals surface area contributed by atoms with Gasteiger partial charge in [-0.3, -0.25) is 4.72 Å². The van der Waals surface area contributed by atoms with Gasteiger partial charge in [-0.2, -0.15) is 8.42 Å². The molecule has 0 bridgehead atoms. The lowest BCUT2D eigenvalue weighted by molar-refractivity contribution is 0.578. The van der Waals surface area contributed by atoms with E-state index >= 15 is 0 Å². The second-order valence-electron chi connectivity index (χ2n) is 4.21. The zero-order chi connectivity index (χ0) is 15.8. The highest BCUT2D eigenvalue weighted by Crippen LogP contribution is 2.22. The van der Waals surface area contributed by atoms with Gasteiger partial charge in [-0.15, -0.1) is 5.10 Å². The van der Waals surface area contributed by atoms with Crippen LogP contribution < -0.4 is 4.72 Å². The fourth-order valence-electron chi connectivity index (χ4n) is 1.60. The van der Waals surface area contributed by atoms with Crippen LogP contribution in [0.15, 0.2) is 38.8 Å². The molecule has 1 N–H and O–H groups in total. The van der Waals surface area contributed by atoms with E-state index in [0.717, 1.165) is 10.9 Å². The maximum atomic E-state index is 12.3. The summed E-state index contributed by atoms with van der Waals surface area (Å²) < 4.78 is 51.0. The van der Waals surface area contributed by atoms with Crippen molar-refractivity contribution in [2.75, 3.05) is 11.0 Å². The standard InChI is InChI=1S/C10H11BrN4O4S2/c1-15-10(9(11)12-14-15)21(18,19)13-7-4-3-5-8(6-7)20(2,16)17/h3-6,13H,1-2H3. The van der Waals surface area contributed by atoms with Crippen LogP contribution in [-0.2, 0) is 26.9 Å². The highest BCUT2D eigenvalue weighted by molar-refractivity contribution is 9.10. The Morgan fingerprint density at radius 3 is 2.43 bits per heavy atom. The summed E-state index contributed by atoms with van der Waals surface area (Å²) in [5.74, 6) is 0. The summed E-state index contributed by atoms with van der Waals surface area (Å²) >= 11 is 3.00. The third kappa shape index (κ3) is 3.41. The van der Waals surface area contributed by atoms with Crippen molar-refractivity contribution >= 4 is 41.5 Å². The number of hydrogen-bond donors (Lipinski definition) is 1. The third-order valence-electron chi connectivity index (χ3n) is 2.51. The molecule has 0 saturated heterocycles. The molecule has 0 amide bonds. The molecule has 0 saturated carbocycles. The minimum atomic E-state index is -3.95. The normalized spacial score (nSPS) is 12.3. The number of sulfonamides is 1. The first-order chi connectivity index (χ1) is 9.61. The Morgan fingerprint density at radius 1 is 1.24 bits per heavy atom. The molecule has 8 nitrogen and oxygen atoms in total. The zero-order valence-electron chi connectivity index (χ0n) is 11.0. The van der Waals surface area contributed by atoms with Crippen LogP contribution in [0.4, 0.5) is 5.69 Å². The molecule has 0 unspecified atom stereocenters. The van der Waals surface area contributed by atoms with Crippen LogP contribution in [0.2, 0.25) is 0 Å². The van der Waals surface area contributed by atoms with Crippen LogP contribution in [-0.4, -0.2) is 38.1 Å². The third-order valence-corrected chi connectivity index (χ3v) is 5.88. The van der Waals surface area contributed by atoms with E-state index in [2.05, 4.69) is 31.0 Å². The van der Waals surface area contributed by atoms with Crippen LogP contribution in [0, 0.1) is 0 Å². The van der Waals surface area contributed by atoms with Crippen LogP contribution in [0.3, 0.4) is 0 Å². The second-order valence-corrected chi connectivity index (χ2v) is 8.58. The molecule has 1 heterocycles. The molecular weight excluding hydrogens is 384 g/mol. The molecule has 0 radical (unpaired) electrons. The van der Waals surface area contributed by atoms with E-state index in [1.54, 1.807) is 0 Å². The van der Waals surface area contributed by atoms with Gasteiger partial charge in [-0.05, 0) is 34.1 Å². The average Bonchev–Trinajstić information content (AvgIpc) is 2.68. The van der Waals surface area contributed by atoms with Gasteiger partial charge in [0.2, 0.25) is 5.03 Å². The average molecular weight is 395 g/mol. The monoisotopic (exact) mass is 394 g/mol. The zero-order valence-corrected chi connectivity index (χ0v) is 14.2. The number of rotatable bonds is 4. The first-order valence-corrected chi connectivity index (χ1v) is 9.66. The van der Waals surface area contributed by atoms with Crippen LogP contribution in [0.1, 0.15) is 0 Å². The Balaban J connectivity index is 2.43. The summed E-state index contributed by atoms with van der Waals surface area (Å²) in [6.45, 7) is 0. The summed E-state index contributed by atoms with van der Waals surface area (Å²) in [4.78, 5) is 0.0184. The first-order valence-electron chi connectivity index (χ1n) is 5.49. The van der Waals surface area contributed by atoms with Crippen molar-refractivity contribution in [2.24, 2.45) is 7.05 Å². The van der Waals surface area contributed by atoms with Gasteiger partial charge in [0, 0.05) is 13.3 Å². The summed E-state index contributed by atoms with van der Waals surface area (Å²) in [6, 6.07) is 5.52. The summed E-state index contributed by atoms with van der Waals surface area (Å²) in [5, 5.41) is 7.02. The lowest BCUT2D eigenvalue weighted by Crippen LogP contribution is -2.17. The molecule has 0 fully saturated rings. The SMILES string of the molecule is Cn1nnc(Br)c1S(=O)(=O)Nc1cccc(S(C)(=O)=O)c1. The minimum absolute atomic E-state index is 0.0184. The number of aryl methyl sites for hydroxylation is 1. The van der Waals surface area contributed by atoms with Crippen molar-refractivity contribution in [3.63, 3.8) is 0 Å². The number of benzene rings is 1. The minimum Gasteiger partial charge on any atom is -0.278 e. The topological polar surface area (TPSA) is 111 Å². The van der Waals surface area contributed by atoms with Crippen molar-refractivity contribution in [1.29, 1.82) is 0 Å². The van der Waals surface area contributed by atoms with Gasteiger partial charge >= 0.3 is 0 Å². The molecule has 21 heavy (non-hydrogen) atoms. The summed E-state index contributed by atoms with van der Waals surface area (Å²) in [7, 11) is -5.94. The molecule has 114 valence electrons. The summed E-state index contributed by atoms with van der Waals surface area (Å²) in [5.41, 5.74) is 0.131. The maximum Gasteiger partial charge on any atom is 0.281 e. The van der Waals surface area contributed by atoms with Gasteiger partial charge in [-0.25, -0.2) is 13.1 Å². The fraction of sp³-hybridized carbons (Fsp3) is 0.200. The quantitative estimate of drug-likeness (QED) is 0.819. The lowest BCUT2D eigenvalue weighted by atomic mass is 10.3. The molecular formula is C10H11BrN4O4S2. The Hall–Kier alpha value is -1.46.